The highest BCUT2D eigenvalue weighted by molar-refractivity contribution is 5.29. The van der Waals surface area contributed by atoms with Gasteiger partial charge in [0.15, 0.2) is 0 Å². The van der Waals surface area contributed by atoms with Gasteiger partial charge >= 0.3 is 0 Å². The van der Waals surface area contributed by atoms with Gasteiger partial charge in [0.1, 0.15) is 11.7 Å². The molecule has 0 aromatic heterocycles. The fourth-order valence-electron chi connectivity index (χ4n) is 5.29. The van der Waals surface area contributed by atoms with E-state index in [0.717, 1.165) is 17.4 Å². The van der Waals surface area contributed by atoms with Gasteiger partial charge in [0.05, 0.1) is 17.9 Å². The van der Waals surface area contributed by atoms with Crippen molar-refractivity contribution in [2.24, 2.45) is 23.7 Å². The minimum Gasteiger partial charge on any atom is -0.463 e. The lowest BCUT2D eigenvalue weighted by Gasteiger charge is -2.49. The summed E-state index contributed by atoms with van der Waals surface area (Å²) in [6, 6.07) is 4.86. The van der Waals surface area contributed by atoms with Crippen LogP contribution in [-0.2, 0) is 4.74 Å². The highest BCUT2D eigenvalue weighted by Gasteiger charge is 2.39. The lowest BCUT2D eigenvalue weighted by molar-refractivity contribution is 0.0797. The van der Waals surface area contributed by atoms with E-state index in [1.54, 1.807) is 5.57 Å². The Balaban J connectivity index is 1.50. The third-order valence-corrected chi connectivity index (χ3v) is 6.39. The molecule has 0 N–H and O–H groups in total. The average molecular weight is 361 g/mol. The van der Waals surface area contributed by atoms with Crippen molar-refractivity contribution in [2.75, 3.05) is 13.1 Å². The van der Waals surface area contributed by atoms with Crippen molar-refractivity contribution in [1.82, 2.24) is 4.90 Å². The molecule has 4 aliphatic rings. The quantitative estimate of drug-likeness (QED) is 0.696. The fourth-order valence-corrected chi connectivity index (χ4v) is 5.29. The predicted molar refractivity (Wildman–Crippen MR) is 104 cm³/mol. The molecular formula is C23H27N3O. The van der Waals surface area contributed by atoms with Gasteiger partial charge in [-0.05, 0) is 82.2 Å². The Kier molecular flexibility index (Phi) is 5.19. The molecule has 4 atom stereocenters. The molecule has 0 amide bonds. The van der Waals surface area contributed by atoms with Crippen molar-refractivity contribution >= 4 is 0 Å². The summed E-state index contributed by atoms with van der Waals surface area (Å²) in [5, 5.41) is 18.4. The van der Waals surface area contributed by atoms with E-state index in [0.29, 0.717) is 12.0 Å². The maximum atomic E-state index is 9.18. The van der Waals surface area contributed by atoms with Gasteiger partial charge in [-0.25, -0.2) is 0 Å². The van der Waals surface area contributed by atoms with Crippen LogP contribution in [0.3, 0.4) is 0 Å². The topological polar surface area (TPSA) is 60.0 Å². The van der Waals surface area contributed by atoms with Crippen molar-refractivity contribution in [3.8, 4) is 12.1 Å². The summed E-state index contributed by atoms with van der Waals surface area (Å²) >= 11 is 0. The smallest absolute Gasteiger partial charge is 0.143 e. The van der Waals surface area contributed by atoms with Gasteiger partial charge in [0.2, 0.25) is 0 Å². The summed E-state index contributed by atoms with van der Waals surface area (Å²) in [6.07, 6.45) is 17.0. The number of hydrogen-bond acceptors (Lipinski definition) is 4. The zero-order chi connectivity index (χ0) is 18.8. The molecule has 2 fully saturated rings. The van der Waals surface area contributed by atoms with E-state index < -0.39 is 5.92 Å². The number of nitrogens with zero attached hydrogens (tertiary/aromatic N) is 3. The van der Waals surface area contributed by atoms with Crippen LogP contribution in [0.5, 0.6) is 0 Å². The molecule has 1 aliphatic carbocycles. The number of nitriles is 2. The van der Waals surface area contributed by atoms with Crippen LogP contribution in [0, 0.1) is 46.3 Å². The van der Waals surface area contributed by atoms with Gasteiger partial charge in [0, 0.05) is 12.0 Å². The average Bonchev–Trinajstić information content (AvgIpc) is 2.67. The Morgan fingerprint density at radius 2 is 2.00 bits per heavy atom. The summed E-state index contributed by atoms with van der Waals surface area (Å²) in [4.78, 5) is 2.71. The molecule has 27 heavy (non-hydrogen) atoms. The van der Waals surface area contributed by atoms with E-state index >= 15 is 0 Å². The molecule has 4 nitrogen and oxygen atoms in total. The summed E-state index contributed by atoms with van der Waals surface area (Å²) in [5.74, 6) is 1.88. The maximum Gasteiger partial charge on any atom is 0.143 e. The van der Waals surface area contributed by atoms with Crippen LogP contribution < -0.4 is 0 Å². The van der Waals surface area contributed by atoms with Crippen LogP contribution in [0.15, 0.2) is 47.5 Å². The molecule has 3 heterocycles. The zero-order valence-electron chi connectivity index (χ0n) is 16.0. The number of piperidine rings is 2. The second kappa shape index (κ2) is 7.75. The normalized spacial score (nSPS) is 33.3. The number of rotatable bonds is 3. The molecule has 4 heteroatoms. The Labute approximate surface area is 162 Å². The molecular weight excluding hydrogens is 334 g/mol. The third-order valence-electron chi connectivity index (χ3n) is 6.39. The van der Waals surface area contributed by atoms with E-state index in [1.165, 1.54) is 45.2 Å². The largest absolute Gasteiger partial charge is 0.463 e. The molecule has 0 radical (unpaired) electrons. The molecule has 0 spiro atoms. The van der Waals surface area contributed by atoms with Crippen molar-refractivity contribution in [1.29, 1.82) is 10.5 Å². The highest BCUT2D eigenvalue weighted by atomic mass is 16.5. The minimum absolute atomic E-state index is 0.201. The third kappa shape index (κ3) is 3.73. The van der Waals surface area contributed by atoms with Gasteiger partial charge in [0.25, 0.3) is 0 Å². The number of hydrogen-bond donors (Lipinski definition) is 0. The van der Waals surface area contributed by atoms with Crippen LogP contribution in [0.2, 0.25) is 0 Å². The lowest BCUT2D eigenvalue weighted by atomic mass is 9.71. The Morgan fingerprint density at radius 3 is 2.81 bits per heavy atom. The summed E-state index contributed by atoms with van der Waals surface area (Å²) in [5.41, 5.74) is 1.65. The standard InChI is InChI=1S/C23H27N3O/c1-16-10-20(21(14-24)15-25)13-22(27-16)7-6-17-11-18-4-2-8-26-9-3-5-19(12-17)23(18)26/h6-7,10-11,13,17,19-21,23H,2-5,8-9,12H2,1H3/b7-6+. The van der Waals surface area contributed by atoms with Crippen molar-refractivity contribution in [3.05, 3.63) is 47.5 Å². The molecule has 2 saturated heterocycles. The van der Waals surface area contributed by atoms with E-state index in [4.69, 9.17) is 4.74 Å². The van der Waals surface area contributed by atoms with Gasteiger partial charge in [-0.3, -0.25) is 4.90 Å². The van der Waals surface area contributed by atoms with Crippen molar-refractivity contribution in [3.63, 3.8) is 0 Å². The molecule has 4 unspecified atom stereocenters. The zero-order valence-corrected chi connectivity index (χ0v) is 16.0. The summed E-state index contributed by atoms with van der Waals surface area (Å²) in [7, 11) is 0. The molecule has 4 rings (SSSR count). The SMILES string of the molecule is CC1=CC(C(C#N)C#N)C=C(/C=C/C2C=C3CCCN4CCCC(C2)C34)O1. The number of ether oxygens (including phenoxy) is 1. The first kappa shape index (κ1) is 18.1. The van der Waals surface area contributed by atoms with Gasteiger partial charge in [-0.2, -0.15) is 10.5 Å². The number of allylic oxidation sites excluding steroid dienone is 6. The van der Waals surface area contributed by atoms with E-state index in [2.05, 4.69) is 29.2 Å². The maximum absolute atomic E-state index is 9.18. The second-order valence-electron chi connectivity index (χ2n) is 8.25. The Morgan fingerprint density at radius 1 is 1.19 bits per heavy atom. The molecule has 140 valence electrons. The van der Waals surface area contributed by atoms with Crippen molar-refractivity contribution in [2.45, 2.75) is 45.1 Å². The van der Waals surface area contributed by atoms with Crippen molar-refractivity contribution < 1.29 is 4.74 Å². The molecule has 0 saturated carbocycles. The molecule has 0 aromatic rings. The predicted octanol–water partition coefficient (Wildman–Crippen LogP) is 4.46. The van der Waals surface area contributed by atoms with E-state index in [-0.39, 0.29) is 5.92 Å². The van der Waals surface area contributed by atoms with Crippen LogP contribution >= 0.6 is 0 Å². The Bertz CT molecular complexity index is 775. The van der Waals surface area contributed by atoms with E-state index in [9.17, 15) is 10.5 Å². The van der Waals surface area contributed by atoms with Gasteiger partial charge < -0.3 is 4.74 Å². The van der Waals surface area contributed by atoms with Crippen LogP contribution in [0.4, 0.5) is 0 Å². The highest BCUT2D eigenvalue weighted by Crippen LogP contribution is 2.42. The van der Waals surface area contributed by atoms with Gasteiger partial charge in [-0.15, -0.1) is 0 Å². The van der Waals surface area contributed by atoms with Gasteiger partial charge in [-0.1, -0.05) is 17.7 Å². The minimum atomic E-state index is -0.666. The first-order valence-corrected chi connectivity index (χ1v) is 10.2. The monoisotopic (exact) mass is 361 g/mol. The second-order valence-corrected chi connectivity index (χ2v) is 8.25. The van der Waals surface area contributed by atoms with E-state index in [1.807, 2.05) is 25.2 Å². The Hall–Kier alpha value is -2.30. The van der Waals surface area contributed by atoms with Crippen LogP contribution in [-0.4, -0.2) is 24.0 Å². The molecule has 3 aliphatic heterocycles. The van der Waals surface area contributed by atoms with Crippen LogP contribution in [0.25, 0.3) is 0 Å². The first-order valence-electron chi connectivity index (χ1n) is 10.2. The first-order chi connectivity index (χ1) is 13.2. The lowest BCUT2D eigenvalue weighted by Crippen LogP contribution is -2.51. The summed E-state index contributed by atoms with van der Waals surface area (Å²) in [6.45, 7) is 4.42. The fraction of sp³-hybridized carbons (Fsp3) is 0.565. The molecule has 0 bridgehead atoms. The van der Waals surface area contributed by atoms with Crippen LogP contribution in [0.1, 0.15) is 39.0 Å². The summed E-state index contributed by atoms with van der Waals surface area (Å²) < 4.78 is 5.82. The molecule has 0 aromatic carbocycles.